The van der Waals surface area contributed by atoms with Crippen molar-refractivity contribution in [2.24, 2.45) is 0 Å². The first-order valence-electron chi connectivity index (χ1n) is 7.37. The molecular weight excluding hydrogens is 311 g/mol. The number of halogens is 1. The number of benzene rings is 2. The molecule has 1 heterocycles. The van der Waals surface area contributed by atoms with E-state index in [0.717, 1.165) is 0 Å². The van der Waals surface area contributed by atoms with E-state index in [-0.39, 0.29) is 17.6 Å². The van der Waals surface area contributed by atoms with Crippen molar-refractivity contribution in [1.29, 1.82) is 0 Å². The van der Waals surface area contributed by atoms with Crippen molar-refractivity contribution >= 4 is 29.3 Å². The average molecular weight is 326 g/mol. The van der Waals surface area contributed by atoms with Gasteiger partial charge in [-0.15, -0.1) is 0 Å². The van der Waals surface area contributed by atoms with Crippen LogP contribution < -0.4 is 15.4 Å². The number of carbonyl (C=O) groups is 2. The van der Waals surface area contributed by atoms with E-state index < -0.39 is 6.10 Å². The standard InChI is InChI=1S/C18H15FN2O3/c1-11-18(23)21-15-10-14(6-7-16(15)24-11)20-17(22)8-5-12-3-2-4-13(19)9-12/h2-11H,1H3,(H,20,22)(H,21,23)/b8-5+. The zero-order valence-corrected chi connectivity index (χ0v) is 12.9. The fourth-order valence-corrected chi connectivity index (χ4v) is 2.25. The number of rotatable bonds is 3. The highest BCUT2D eigenvalue weighted by Crippen LogP contribution is 2.32. The smallest absolute Gasteiger partial charge is 0.265 e. The average Bonchev–Trinajstić information content (AvgIpc) is 2.54. The van der Waals surface area contributed by atoms with Crippen LogP contribution in [0.2, 0.25) is 0 Å². The molecule has 0 radical (unpaired) electrons. The molecular formula is C18H15FN2O3. The van der Waals surface area contributed by atoms with E-state index in [1.807, 2.05) is 0 Å². The van der Waals surface area contributed by atoms with Crippen LogP contribution in [0.3, 0.4) is 0 Å². The molecule has 24 heavy (non-hydrogen) atoms. The first-order valence-corrected chi connectivity index (χ1v) is 7.37. The molecule has 2 N–H and O–H groups in total. The van der Waals surface area contributed by atoms with Gasteiger partial charge in [-0.1, -0.05) is 12.1 Å². The van der Waals surface area contributed by atoms with Crippen LogP contribution in [0, 0.1) is 5.82 Å². The van der Waals surface area contributed by atoms with Crippen LogP contribution in [0.5, 0.6) is 5.75 Å². The van der Waals surface area contributed by atoms with Gasteiger partial charge in [0, 0.05) is 11.8 Å². The van der Waals surface area contributed by atoms with Gasteiger partial charge in [-0.2, -0.15) is 0 Å². The van der Waals surface area contributed by atoms with E-state index in [0.29, 0.717) is 22.7 Å². The predicted molar refractivity (Wildman–Crippen MR) is 89.2 cm³/mol. The van der Waals surface area contributed by atoms with Crippen LogP contribution in [0.25, 0.3) is 6.08 Å². The number of carbonyl (C=O) groups excluding carboxylic acids is 2. The van der Waals surface area contributed by atoms with E-state index in [4.69, 9.17) is 4.74 Å². The molecule has 2 aromatic rings. The van der Waals surface area contributed by atoms with Crippen LogP contribution in [0.4, 0.5) is 15.8 Å². The summed E-state index contributed by atoms with van der Waals surface area (Å²) in [6, 6.07) is 10.9. The minimum atomic E-state index is -0.549. The largest absolute Gasteiger partial charge is 0.479 e. The summed E-state index contributed by atoms with van der Waals surface area (Å²) in [5, 5.41) is 5.39. The summed E-state index contributed by atoms with van der Waals surface area (Å²) in [4.78, 5) is 23.6. The number of fused-ring (bicyclic) bond motifs is 1. The maximum atomic E-state index is 13.1. The molecule has 1 aliphatic heterocycles. The lowest BCUT2D eigenvalue weighted by Crippen LogP contribution is -2.34. The second kappa shape index (κ2) is 6.54. The fourth-order valence-electron chi connectivity index (χ4n) is 2.25. The molecule has 0 spiro atoms. The van der Waals surface area contributed by atoms with Crippen LogP contribution in [0.15, 0.2) is 48.5 Å². The van der Waals surface area contributed by atoms with Crippen molar-refractivity contribution in [3.8, 4) is 5.75 Å². The molecule has 1 atom stereocenters. The highest BCUT2D eigenvalue weighted by Gasteiger charge is 2.23. The minimum absolute atomic E-state index is 0.239. The molecule has 6 heteroatoms. The topological polar surface area (TPSA) is 67.4 Å². The highest BCUT2D eigenvalue weighted by atomic mass is 19.1. The van der Waals surface area contributed by atoms with Crippen molar-refractivity contribution in [3.63, 3.8) is 0 Å². The highest BCUT2D eigenvalue weighted by molar-refractivity contribution is 6.03. The lowest BCUT2D eigenvalue weighted by atomic mass is 10.2. The van der Waals surface area contributed by atoms with E-state index in [1.165, 1.54) is 24.3 Å². The van der Waals surface area contributed by atoms with Gasteiger partial charge < -0.3 is 15.4 Å². The molecule has 0 saturated heterocycles. The third-order valence-corrected chi connectivity index (χ3v) is 3.45. The number of hydrogen-bond donors (Lipinski definition) is 2. The third-order valence-electron chi connectivity index (χ3n) is 3.45. The van der Waals surface area contributed by atoms with Gasteiger partial charge in [0.1, 0.15) is 11.6 Å². The van der Waals surface area contributed by atoms with Gasteiger partial charge in [0.15, 0.2) is 6.10 Å². The molecule has 0 bridgehead atoms. The van der Waals surface area contributed by atoms with Crippen molar-refractivity contribution in [2.45, 2.75) is 13.0 Å². The summed E-state index contributed by atoms with van der Waals surface area (Å²) in [5.41, 5.74) is 1.61. The number of nitrogens with one attached hydrogen (secondary N) is 2. The van der Waals surface area contributed by atoms with Crippen molar-refractivity contribution in [3.05, 3.63) is 59.9 Å². The third kappa shape index (κ3) is 3.60. The van der Waals surface area contributed by atoms with Gasteiger partial charge in [0.2, 0.25) is 5.91 Å². The Labute approximate surface area is 138 Å². The summed E-state index contributed by atoms with van der Waals surface area (Å²) in [6.07, 6.45) is 2.28. The van der Waals surface area contributed by atoms with Crippen LogP contribution in [-0.4, -0.2) is 17.9 Å². The molecule has 2 aromatic carbocycles. The Morgan fingerprint density at radius 3 is 2.92 bits per heavy atom. The Bertz CT molecular complexity index is 833. The number of amides is 2. The van der Waals surface area contributed by atoms with Crippen LogP contribution in [0.1, 0.15) is 12.5 Å². The summed E-state index contributed by atoms with van der Waals surface area (Å²) in [5.74, 6) is -0.416. The molecule has 0 saturated carbocycles. The minimum Gasteiger partial charge on any atom is -0.479 e. The normalized spacial score (nSPS) is 16.2. The Kier molecular flexibility index (Phi) is 4.29. The van der Waals surface area contributed by atoms with Gasteiger partial charge in [-0.05, 0) is 48.9 Å². The van der Waals surface area contributed by atoms with Crippen molar-refractivity contribution in [1.82, 2.24) is 0 Å². The maximum Gasteiger partial charge on any atom is 0.265 e. The first-order chi connectivity index (χ1) is 11.5. The first kappa shape index (κ1) is 15.7. The molecule has 0 aliphatic carbocycles. The van der Waals surface area contributed by atoms with E-state index in [2.05, 4.69) is 10.6 Å². The maximum absolute atomic E-state index is 13.1. The molecule has 1 aliphatic rings. The molecule has 2 amide bonds. The summed E-state index contributed by atoms with van der Waals surface area (Å²) in [6.45, 7) is 1.66. The van der Waals surface area contributed by atoms with E-state index in [9.17, 15) is 14.0 Å². The van der Waals surface area contributed by atoms with Gasteiger partial charge in [0.05, 0.1) is 5.69 Å². The second-order valence-electron chi connectivity index (χ2n) is 5.34. The van der Waals surface area contributed by atoms with Gasteiger partial charge in [0.25, 0.3) is 5.91 Å². The molecule has 0 aromatic heterocycles. The van der Waals surface area contributed by atoms with Gasteiger partial charge in [-0.3, -0.25) is 9.59 Å². The second-order valence-corrected chi connectivity index (χ2v) is 5.34. The summed E-state index contributed by atoms with van der Waals surface area (Å²) >= 11 is 0. The predicted octanol–water partition coefficient (Wildman–Crippen LogP) is 3.20. The number of ether oxygens (including phenoxy) is 1. The lowest BCUT2D eigenvalue weighted by molar-refractivity contribution is -0.122. The van der Waals surface area contributed by atoms with Crippen molar-refractivity contribution < 1.29 is 18.7 Å². The molecule has 122 valence electrons. The molecule has 0 fully saturated rings. The lowest BCUT2D eigenvalue weighted by Gasteiger charge is -2.23. The van der Waals surface area contributed by atoms with E-state index >= 15 is 0 Å². The quantitative estimate of drug-likeness (QED) is 0.851. The van der Waals surface area contributed by atoms with Gasteiger partial charge in [-0.25, -0.2) is 4.39 Å². The van der Waals surface area contributed by atoms with Gasteiger partial charge >= 0.3 is 0 Å². The number of hydrogen-bond acceptors (Lipinski definition) is 3. The Hall–Kier alpha value is -3.15. The monoisotopic (exact) mass is 326 g/mol. The zero-order chi connectivity index (χ0) is 17.1. The Morgan fingerprint density at radius 1 is 1.29 bits per heavy atom. The molecule has 5 nitrogen and oxygen atoms in total. The van der Waals surface area contributed by atoms with E-state index in [1.54, 1.807) is 37.3 Å². The molecule has 3 rings (SSSR count). The fraction of sp³-hybridized carbons (Fsp3) is 0.111. The Morgan fingerprint density at radius 2 is 2.12 bits per heavy atom. The number of anilines is 2. The van der Waals surface area contributed by atoms with Crippen molar-refractivity contribution in [2.75, 3.05) is 10.6 Å². The zero-order valence-electron chi connectivity index (χ0n) is 12.9. The molecule has 1 unspecified atom stereocenters. The van der Waals surface area contributed by atoms with Crippen LogP contribution >= 0.6 is 0 Å². The summed E-state index contributed by atoms with van der Waals surface area (Å²) < 4.78 is 18.5. The van der Waals surface area contributed by atoms with Crippen LogP contribution in [-0.2, 0) is 9.59 Å². The SMILES string of the molecule is CC1Oc2ccc(NC(=O)/C=C/c3cccc(F)c3)cc2NC1=O. The Balaban J connectivity index is 1.69. The summed E-state index contributed by atoms with van der Waals surface area (Å²) in [7, 11) is 0.